The van der Waals surface area contributed by atoms with E-state index in [9.17, 15) is 9.59 Å². The normalized spacial score (nSPS) is 10.6. The van der Waals surface area contributed by atoms with E-state index >= 15 is 0 Å². The summed E-state index contributed by atoms with van der Waals surface area (Å²) < 4.78 is 17.3. The maximum Gasteiger partial charge on any atom is 0.350 e. The maximum absolute atomic E-state index is 12.8. The van der Waals surface area contributed by atoms with Crippen LogP contribution in [0.25, 0.3) is 10.4 Å². The molecule has 0 bridgehead atoms. The molecule has 2 aromatic heterocycles. The predicted molar refractivity (Wildman–Crippen MR) is 115 cm³/mol. The molecule has 158 valence electrons. The van der Waals surface area contributed by atoms with Crippen LogP contribution in [0.4, 0.5) is 5.69 Å². The first-order chi connectivity index (χ1) is 14.4. The van der Waals surface area contributed by atoms with Crippen molar-refractivity contribution in [3.63, 3.8) is 0 Å². The molecular weight excluding hydrogens is 406 g/mol. The van der Waals surface area contributed by atoms with Gasteiger partial charge in [-0.1, -0.05) is 0 Å². The Morgan fingerprint density at radius 1 is 1.13 bits per heavy atom. The third-order valence-electron chi connectivity index (χ3n) is 4.34. The van der Waals surface area contributed by atoms with E-state index in [-0.39, 0.29) is 12.5 Å². The largest absolute Gasteiger partial charge is 0.493 e. The lowest BCUT2D eigenvalue weighted by atomic mass is 10.1. The molecule has 0 aliphatic heterocycles. The van der Waals surface area contributed by atoms with Crippen LogP contribution in [0.5, 0.6) is 11.5 Å². The highest BCUT2D eigenvalue weighted by Crippen LogP contribution is 2.39. The van der Waals surface area contributed by atoms with E-state index in [1.807, 2.05) is 12.1 Å². The molecule has 0 saturated heterocycles. The van der Waals surface area contributed by atoms with Crippen LogP contribution >= 0.6 is 11.3 Å². The van der Waals surface area contributed by atoms with Gasteiger partial charge in [0.2, 0.25) is 0 Å². The van der Waals surface area contributed by atoms with E-state index in [1.54, 1.807) is 53.3 Å². The molecule has 1 amide bonds. The number of esters is 1. The molecule has 0 atom stereocenters. The van der Waals surface area contributed by atoms with Gasteiger partial charge < -0.3 is 19.5 Å². The number of nitrogens with one attached hydrogen (secondary N) is 1. The molecule has 0 radical (unpaired) electrons. The molecule has 0 fully saturated rings. The van der Waals surface area contributed by atoms with Crippen molar-refractivity contribution in [1.82, 2.24) is 9.78 Å². The van der Waals surface area contributed by atoms with Crippen LogP contribution in [0.2, 0.25) is 0 Å². The van der Waals surface area contributed by atoms with Crippen molar-refractivity contribution in [2.45, 2.75) is 13.8 Å². The summed E-state index contributed by atoms with van der Waals surface area (Å²) in [5.74, 6) is 0.312. The molecule has 1 aromatic carbocycles. The first-order valence-corrected chi connectivity index (χ1v) is 10.0. The van der Waals surface area contributed by atoms with Gasteiger partial charge in [-0.25, -0.2) is 4.79 Å². The van der Waals surface area contributed by atoms with E-state index in [0.717, 1.165) is 16.1 Å². The van der Waals surface area contributed by atoms with Crippen LogP contribution < -0.4 is 14.8 Å². The average Bonchev–Trinajstić information content (AvgIpc) is 3.30. The third kappa shape index (κ3) is 4.30. The minimum absolute atomic E-state index is 0.233. The molecule has 0 aliphatic rings. The van der Waals surface area contributed by atoms with Gasteiger partial charge in [0.1, 0.15) is 10.6 Å². The Hall–Kier alpha value is -3.33. The number of hydrogen-bond acceptors (Lipinski definition) is 7. The number of aryl methyl sites for hydroxylation is 2. The van der Waals surface area contributed by atoms with Gasteiger partial charge in [-0.15, -0.1) is 11.3 Å². The third-order valence-corrected chi connectivity index (χ3v) is 5.51. The zero-order valence-electron chi connectivity index (χ0n) is 17.4. The van der Waals surface area contributed by atoms with E-state index in [2.05, 4.69) is 10.4 Å². The fourth-order valence-electron chi connectivity index (χ4n) is 2.97. The molecule has 0 saturated carbocycles. The number of benzene rings is 1. The standard InChI is InChI=1S/C21H23N3O5S/c1-6-29-21(26)19-14(22-20(25)15-9-12(2)23-24(15)3)11-18(30-19)13-7-8-16(27-4)17(10-13)28-5/h7-11H,6H2,1-5H3,(H,22,25). The van der Waals surface area contributed by atoms with Crippen LogP contribution in [0.15, 0.2) is 30.3 Å². The van der Waals surface area contributed by atoms with Crippen LogP contribution in [0.3, 0.4) is 0 Å². The highest BCUT2D eigenvalue weighted by molar-refractivity contribution is 7.18. The zero-order chi connectivity index (χ0) is 21.8. The van der Waals surface area contributed by atoms with Crippen molar-refractivity contribution < 1.29 is 23.8 Å². The molecule has 3 aromatic rings. The molecule has 0 spiro atoms. The number of anilines is 1. The number of rotatable bonds is 7. The number of nitrogens with zero attached hydrogens (tertiary/aromatic N) is 2. The molecule has 0 aliphatic carbocycles. The number of amides is 1. The smallest absolute Gasteiger partial charge is 0.350 e. The second-order valence-electron chi connectivity index (χ2n) is 6.39. The summed E-state index contributed by atoms with van der Waals surface area (Å²) in [7, 11) is 4.81. The summed E-state index contributed by atoms with van der Waals surface area (Å²) >= 11 is 1.23. The van der Waals surface area contributed by atoms with Gasteiger partial charge in [-0.05, 0) is 49.7 Å². The first-order valence-electron chi connectivity index (χ1n) is 9.23. The molecule has 0 unspecified atom stereocenters. The van der Waals surface area contributed by atoms with Crippen molar-refractivity contribution in [1.29, 1.82) is 0 Å². The molecule has 8 nitrogen and oxygen atoms in total. The SMILES string of the molecule is CCOC(=O)c1sc(-c2ccc(OC)c(OC)c2)cc1NC(=O)c1cc(C)nn1C. The zero-order valence-corrected chi connectivity index (χ0v) is 18.3. The predicted octanol–water partition coefficient (Wildman–Crippen LogP) is 3.90. The summed E-state index contributed by atoms with van der Waals surface area (Å²) in [6.45, 7) is 3.77. The second-order valence-corrected chi connectivity index (χ2v) is 7.44. The Balaban J connectivity index is 2.00. The number of carbonyl (C=O) groups excluding carboxylic acids is 2. The number of carbonyl (C=O) groups is 2. The van der Waals surface area contributed by atoms with Crippen molar-refractivity contribution in [2.24, 2.45) is 7.05 Å². The van der Waals surface area contributed by atoms with Crippen molar-refractivity contribution in [2.75, 3.05) is 26.1 Å². The lowest BCUT2D eigenvalue weighted by molar-refractivity contribution is 0.0533. The Morgan fingerprint density at radius 3 is 2.47 bits per heavy atom. The van der Waals surface area contributed by atoms with Gasteiger partial charge in [0.05, 0.1) is 32.2 Å². The summed E-state index contributed by atoms with van der Waals surface area (Å²) in [6, 6.07) is 8.89. The summed E-state index contributed by atoms with van der Waals surface area (Å²) in [5.41, 5.74) is 2.32. The van der Waals surface area contributed by atoms with E-state index in [4.69, 9.17) is 14.2 Å². The average molecular weight is 429 g/mol. The van der Waals surface area contributed by atoms with E-state index in [1.165, 1.54) is 16.0 Å². The lowest BCUT2D eigenvalue weighted by Gasteiger charge is -2.08. The Morgan fingerprint density at radius 2 is 1.87 bits per heavy atom. The topological polar surface area (TPSA) is 91.7 Å². The number of aromatic nitrogens is 2. The minimum atomic E-state index is -0.495. The molecule has 3 rings (SSSR count). The number of methoxy groups -OCH3 is 2. The fraction of sp³-hybridized carbons (Fsp3) is 0.286. The van der Waals surface area contributed by atoms with Crippen molar-refractivity contribution in [3.05, 3.63) is 46.6 Å². The molecule has 30 heavy (non-hydrogen) atoms. The van der Waals surface area contributed by atoms with Crippen LogP contribution in [0.1, 0.15) is 32.8 Å². The summed E-state index contributed by atoms with van der Waals surface area (Å²) in [4.78, 5) is 26.3. The van der Waals surface area contributed by atoms with Gasteiger partial charge in [0.15, 0.2) is 11.5 Å². The first kappa shape index (κ1) is 21.4. The van der Waals surface area contributed by atoms with Crippen LogP contribution in [0, 0.1) is 6.92 Å². The maximum atomic E-state index is 12.8. The van der Waals surface area contributed by atoms with Gasteiger partial charge in [-0.3, -0.25) is 9.48 Å². The molecule has 1 N–H and O–H groups in total. The quantitative estimate of drug-likeness (QED) is 0.573. The van der Waals surface area contributed by atoms with Crippen LogP contribution in [-0.4, -0.2) is 42.5 Å². The van der Waals surface area contributed by atoms with E-state index in [0.29, 0.717) is 27.8 Å². The van der Waals surface area contributed by atoms with Gasteiger partial charge >= 0.3 is 5.97 Å². The minimum Gasteiger partial charge on any atom is -0.493 e. The van der Waals surface area contributed by atoms with Gasteiger partial charge in [-0.2, -0.15) is 5.10 Å². The van der Waals surface area contributed by atoms with Crippen molar-refractivity contribution in [3.8, 4) is 21.9 Å². The Labute approximate surface area is 178 Å². The number of hydrogen-bond donors (Lipinski definition) is 1. The summed E-state index contributed by atoms with van der Waals surface area (Å²) in [6.07, 6.45) is 0. The molecule has 2 heterocycles. The Kier molecular flexibility index (Phi) is 6.41. The Bertz CT molecular complexity index is 1090. The van der Waals surface area contributed by atoms with Crippen LogP contribution in [-0.2, 0) is 11.8 Å². The van der Waals surface area contributed by atoms with E-state index < -0.39 is 5.97 Å². The monoisotopic (exact) mass is 429 g/mol. The lowest BCUT2D eigenvalue weighted by Crippen LogP contribution is -2.17. The number of ether oxygens (including phenoxy) is 3. The highest BCUT2D eigenvalue weighted by Gasteiger charge is 2.22. The highest BCUT2D eigenvalue weighted by atomic mass is 32.1. The second kappa shape index (κ2) is 9.00. The number of thiophene rings is 1. The summed E-state index contributed by atoms with van der Waals surface area (Å²) in [5, 5.41) is 7.01. The molecule has 9 heteroatoms. The van der Waals surface area contributed by atoms with Gasteiger partial charge in [0, 0.05) is 11.9 Å². The molecular formula is C21H23N3O5S. The fourth-order valence-corrected chi connectivity index (χ4v) is 3.98. The van der Waals surface area contributed by atoms with Crippen molar-refractivity contribution >= 4 is 28.9 Å². The van der Waals surface area contributed by atoms with Gasteiger partial charge in [0.25, 0.3) is 5.91 Å².